The monoisotopic (exact) mass is 280 g/mol. The molecule has 0 bridgehead atoms. The van der Waals surface area contributed by atoms with Gasteiger partial charge in [0, 0.05) is 11.9 Å². The van der Waals surface area contributed by atoms with Gasteiger partial charge in [-0.3, -0.25) is 9.82 Å². The van der Waals surface area contributed by atoms with E-state index in [0.717, 1.165) is 17.6 Å². The number of rotatable bonds is 5. The zero-order valence-corrected chi connectivity index (χ0v) is 11.5. The number of sulfonamides is 1. The van der Waals surface area contributed by atoms with E-state index in [1.165, 1.54) is 0 Å². The molecule has 0 saturated carbocycles. The first kappa shape index (κ1) is 13.4. The van der Waals surface area contributed by atoms with Crippen LogP contribution in [0.5, 0.6) is 0 Å². The topological polar surface area (TPSA) is 86.9 Å². The van der Waals surface area contributed by atoms with Crippen LogP contribution in [0.25, 0.3) is 0 Å². The van der Waals surface area contributed by atoms with Crippen molar-refractivity contribution >= 4 is 21.4 Å². The number of aromatic amines is 1. The lowest BCUT2D eigenvalue weighted by atomic mass is 10.2. The SMILES string of the molecule is CC(Nc1cccc(NS(C)(=O)=O)c1)c1ccn[nH]1. The highest BCUT2D eigenvalue weighted by atomic mass is 32.2. The number of H-pyrrole nitrogens is 1. The highest BCUT2D eigenvalue weighted by Gasteiger charge is 2.07. The molecule has 1 unspecified atom stereocenters. The summed E-state index contributed by atoms with van der Waals surface area (Å²) < 4.78 is 24.8. The molecule has 0 fully saturated rings. The molecule has 0 spiro atoms. The van der Waals surface area contributed by atoms with E-state index in [1.807, 2.05) is 19.1 Å². The molecular weight excluding hydrogens is 264 g/mol. The summed E-state index contributed by atoms with van der Waals surface area (Å²) in [5, 5.41) is 10.0. The Morgan fingerprint density at radius 3 is 2.63 bits per heavy atom. The van der Waals surface area contributed by atoms with Gasteiger partial charge in [0.1, 0.15) is 0 Å². The Kier molecular flexibility index (Phi) is 3.75. The molecule has 0 aliphatic heterocycles. The van der Waals surface area contributed by atoms with E-state index in [0.29, 0.717) is 5.69 Å². The van der Waals surface area contributed by atoms with E-state index in [4.69, 9.17) is 0 Å². The molecule has 0 aliphatic rings. The Morgan fingerprint density at radius 1 is 1.26 bits per heavy atom. The molecule has 1 heterocycles. The summed E-state index contributed by atoms with van der Waals surface area (Å²) in [7, 11) is -3.26. The van der Waals surface area contributed by atoms with Gasteiger partial charge in [0.25, 0.3) is 0 Å². The summed E-state index contributed by atoms with van der Waals surface area (Å²) in [5.74, 6) is 0. The summed E-state index contributed by atoms with van der Waals surface area (Å²) >= 11 is 0. The molecule has 0 saturated heterocycles. The van der Waals surface area contributed by atoms with Gasteiger partial charge in [-0.2, -0.15) is 5.10 Å². The molecule has 6 nitrogen and oxygen atoms in total. The van der Waals surface area contributed by atoms with Crippen molar-refractivity contribution in [2.45, 2.75) is 13.0 Å². The molecule has 2 rings (SSSR count). The molecule has 0 radical (unpaired) electrons. The largest absolute Gasteiger partial charge is 0.377 e. The Labute approximate surface area is 112 Å². The number of benzene rings is 1. The van der Waals surface area contributed by atoms with Crippen LogP contribution >= 0.6 is 0 Å². The normalized spacial score (nSPS) is 12.9. The van der Waals surface area contributed by atoms with Gasteiger partial charge in [-0.05, 0) is 31.2 Å². The summed E-state index contributed by atoms with van der Waals surface area (Å²) in [6.07, 6.45) is 2.81. The van der Waals surface area contributed by atoms with Gasteiger partial charge >= 0.3 is 0 Å². The van der Waals surface area contributed by atoms with Crippen LogP contribution < -0.4 is 10.0 Å². The number of nitrogens with one attached hydrogen (secondary N) is 3. The highest BCUT2D eigenvalue weighted by molar-refractivity contribution is 7.92. The van der Waals surface area contributed by atoms with Gasteiger partial charge in [0.15, 0.2) is 0 Å². The Bertz CT molecular complexity index is 638. The Balaban J connectivity index is 2.11. The van der Waals surface area contributed by atoms with Crippen LogP contribution in [0.1, 0.15) is 18.7 Å². The number of anilines is 2. The van der Waals surface area contributed by atoms with E-state index in [1.54, 1.807) is 24.4 Å². The second kappa shape index (κ2) is 5.31. The van der Waals surface area contributed by atoms with Crippen molar-refractivity contribution in [1.29, 1.82) is 0 Å². The van der Waals surface area contributed by atoms with Crippen molar-refractivity contribution in [2.75, 3.05) is 16.3 Å². The molecule has 0 aliphatic carbocycles. The van der Waals surface area contributed by atoms with Crippen LogP contribution in [0.15, 0.2) is 36.5 Å². The second-order valence-corrected chi connectivity index (χ2v) is 6.08. The molecule has 2 aromatic rings. The van der Waals surface area contributed by atoms with E-state index in [-0.39, 0.29) is 6.04 Å². The highest BCUT2D eigenvalue weighted by Crippen LogP contribution is 2.20. The summed E-state index contributed by atoms with van der Waals surface area (Å²) in [5.41, 5.74) is 2.32. The average Bonchev–Trinajstić information content (AvgIpc) is 2.80. The molecule has 102 valence electrons. The molecule has 3 N–H and O–H groups in total. The van der Waals surface area contributed by atoms with Crippen LogP contribution in [0.3, 0.4) is 0 Å². The first-order valence-corrected chi connectivity index (χ1v) is 7.67. The summed E-state index contributed by atoms with van der Waals surface area (Å²) in [6.45, 7) is 1.99. The minimum atomic E-state index is -3.26. The fraction of sp³-hybridized carbons (Fsp3) is 0.250. The fourth-order valence-corrected chi connectivity index (χ4v) is 2.28. The number of hydrogen-bond acceptors (Lipinski definition) is 4. The van der Waals surface area contributed by atoms with E-state index >= 15 is 0 Å². The smallest absolute Gasteiger partial charge is 0.229 e. The van der Waals surface area contributed by atoms with Crippen LogP contribution in [-0.4, -0.2) is 24.9 Å². The third kappa shape index (κ3) is 3.99. The lowest BCUT2D eigenvalue weighted by molar-refractivity contribution is 0.607. The molecule has 1 aromatic carbocycles. The van der Waals surface area contributed by atoms with Crippen LogP contribution in [0, 0.1) is 0 Å². The van der Waals surface area contributed by atoms with Crippen LogP contribution in [0.4, 0.5) is 11.4 Å². The number of aromatic nitrogens is 2. The maximum absolute atomic E-state index is 11.2. The third-order valence-corrected chi connectivity index (χ3v) is 3.14. The third-order valence-electron chi connectivity index (χ3n) is 2.54. The van der Waals surface area contributed by atoms with Crippen molar-refractivity contribution in [3.8, 4) is 0 Å². The van der Waals surface area contributed by atoms with Crippen molar-refractivity contribution in [2.24, 2.45) is 0 Å². The lowest BCUT2D eigenvalue weighted by Gasteiger charge is -2.14. The maximum atomic E-state index is 11.2. The van der Waals surface area contributed by atoms with E-state index in [9.17, 15) is 8.42 Å². The Hall–Kier alpha value is -2.02. The van der Waals surface area contributed by atoms with Crippen molar-refractivity contribution in [1.82, 2.24) is 10.2 Å². The van der Waals surface area contributed by atoms with Crippen molar-refractivity contribution < 1.29 is 8.42 Å². The van der Waals surface area contributed by atoms with Gasteiger partial charge in [0.05, 0.1) is 23.7 Å². The van der Waals surface area contributed by atoms with Crippen molar-refractivity contribution in [3.05, 3.63) is 42.2 Å². The minimum Gasteiger partial charge on any atom is -0.377 e. The molecule has 19 heavy (non-hydrogen) atoms. The molecule has 1 aromatic heterocycles. The molecule has 7 heteroatoms. The average molecular weight is 280 g/mol. The summed E-state index contributed by atoms with van der Waals surface area (Å²) in [6, 6.07) is 9.05. The predicted molar refractivity (Wildman–Crippen MR) is 75.5 cm³/mol. The predicted octanol–water partition coefficient (Wildman–Crippen LogP) is 1.95. The Morgan fingerprint density at radius 2 is 2.00 bits per heavy atom. The van der Waals surface area contributed by atoms with Crippen molar-refractivity contribution in [3.63, 3.8) is 0 Å². The zero-order valence-electron chi connectivity index (χ0n) is 10.7. The van der Waals surface area contributed by atoms with Gasteiger partial charge in [0.2, 0.25) is 10.0 Å². The van der Waals surface area contributed by atoms with E-state index in [2.05, 4.69) is 20.2 Å². The maximum Gasteiger partial charge on any atom is 0.229 e. The standard InChI is InChI=1S/C12H16N4O2S/c1-9(12-6-7-13-15-12)14-10-4-3-5-11(8-10)16-19(2,17)18/h3-9,14,16H,1-2H3,(H,13,15). The number of hydrogen-bond donors (Lipinski definition) is 3. The molecule has 1 atom stereocenters. The van der Waals surface area contributed by atoms with Gasteiger partial charge in [-0.25, -0.2) is 8.42 Å². The first-order valence-electron chi connectivity index (χ1n) is 5.78. The molecular formula is C12H16N4O2S. The second-order valence-electron chi connectivity index (χ2n) is 4.33. The summed E-state index contributed by atoms with van der Waals surface area (Å²) in [4.78, 5) is 0. The first-order chi connectivity index (χ1) is 8.94. The van der Waals surface area contributed by atoms with Gasteiger partial charge in [-0.1, -0.05) is 6.07 Å². The van der Waals surface area contributed by atoms with Crippen LogP contribution in [0.2, 0.25) is 0 Å². The zero-order chi connectivity index (χ0) is 13.9. The van der Waals surface area contributed by atoms with Gasteiger partial charge in [-0.15, -0.1) is 0 Å². The number of nitrogens with zero attached hydrogens (tertiary/aromatic N) is 1. The van der Waals surface area contributed by atoms with E-state index < -0.39 is 10.0 Å². The van der Waals surface area contributed by atoms with Crippen LogP contribution in [-0.2, 0) is 10.0 Å². The lowest BCUT2D eigenvalue weighted by Crippen LogP contribution is -2.10. The minimum absolute atomic E-state index is 0.0518. The van der Waals surface area contributed by atoms with Gasteiger partial charge < -0.3 is 5.32 Å². The quantitative estimate of drug-likeness (QED) is 0.781. The molecule has 0 amide bonds. The fourth-order valence-electron chi connectivity index (χ4n) is 1.72.